The lowest BCUT2D eigenvalue weighted by Gasteiger charge is -2.00. The number of benzene rings is 1. The average molecular weight is 286 g/mol. The molecule has 1 fully saturated rings. The number of hydrogen-bond acceptors (Lipinski definition) is 3. The number of amides is 1. The van der Waals surface area contributed by atoms with Crippen molar-refractivity contribution in [2.75, 3.05) is 0 Å². The van der Waals surface area contributed by atoms with Crippen LogP contribution in [0.5, 0.6) is 0 Å². The predicted molar refractivity (Wildman–Crippen MR) is 81.2 cm³/mol. The third kappa shape index (κ3) is 3.25. The maximum absolute atomic E-state index is 12.1. The molecule has 0 saturated heterocycles. The van der Waals surface area contributed by atoms with E-state index in [-0.39, 0.29) is 5.91 Å². The van der Waals surface area contributed by atoms with Crippen LogP contribution in [-0.2, 0) is 12.8 Å². The Kier molecular flexibility index (Phi) is 3.83. The van der Waals surface area contributed by atoms with E-state index in [9.17, 15) is 4.79 Å². The lowest BCUT2D eigenvalue weighted by molar-refractivity contribution is 0.0954. The van der Waals surface area contributed by atoms with E-state index >= 15 is 0 Å². The summed E-state index contributed by atoms with van der Waals surface area (Å²) in [6.07, 6.45) is 4.10. The molecule has 3 rings (SSSR count). The Hall–Kier alpha value is -1.68. The molecule has 0 radical (unpaired) electrons. The molecule has 20 heavy (non-hydrogen) atoms. The molecule has 1 amide bonds. The average Bonchev–Trinajstić information content (AvgIpc) is 3.18. The van der Waals surface area contributed by atoms with Gasteiger partial charge in [0.15, 0.2) is 0 Å². The largest absolute Gasteiger partial charge is 0.349 e. The van der Waals surface area contributed by atoms with E-state index in [4.69, 9.17) is 0 Å². The van der Waals surface area contributed by atoms with Crippen molar-refractivity contribution in [3.8, 4) is 0 Å². The zero-order chi connectivity index (χ0) is 13.9. The lowest BCUT2D eigenvalue weighted by atomic mass is 10.1. The van der Waals surface area contributed by atoms with Gasteiger partial charge in [-0.25, -0.2) is 4.98 Å². The van der Waals surface area contributed by atoms with E-state index < -0.39 is 0 Å². The summed E-state index contributed by atoms with van der Waals surface area (Å²) in [6.45, 7) is 1.92. The van der Waals surface area contributed by atoms with Crippen molar-refractivity contribution in [1.82, 2.24) is 10.3 Å². The molecule has 1 aliphatic carbocycles. The molecule has 0 atom stereocenters. The van der Waals surface area contributed by atoms with Crippen LogP contribution in [0.3, 0.4) is 0 Å². The SMILES string of the molecule is Cc1nc(CCc2ccccc2)sc1C(=O)NC1CC1. The third-order valence-corrected chi connectivity index (χ3v) is 4.65. The molecule has 1 N–H and O–H groups in total. The predicted octanol–water partition coefficient (Wildman–Crippen LogP) is 3.13. The molecule has 0 spiro atoms. The summed E-state index contributed by atoms with van der Waals surface area (Å²) in [6, 6.07) is 10.8. The van der Waals surface area contributed by atoms with E-state index in [0.717, 1.165) is 41.3 Å². The Morgan fingerprint density at radius 2 is 2.05 bits per heavy atom. The second-order valence-electron chi connectivity index (χ2n) is 5.26. The van der Waals surface area contributed by atoms with Gasteiger partial charge < -0.3 is 5.32 Å². The molecule has 1 heterocycles. The first kappa shape index (κ1) is 13.3. The Labute approximate surface area is 123 Å². The molecule has 1 aromatic heterocycles. The maximum atomic E-state index is 12.1. The minimum absolute atomic E-state index is 0.0495. The highest BCUT2D eigenvalue weighted by Gasteiger charge is 2.25. The molecular weight excluding hydrogens is 268 g/mol. The van der Waals surface area contributed by atoms with E-state index in [1.807, 2.05) is 13.0 Å². The fraction of sp³-hybridized carbons (Fsp3) is 0.375. The summed E-state index contributed by atoms with van der Waals surface area (Å²) >= 11 is 1.53. The molecule has 3 nitrogen and oxygen atoms in total. The van der Waals surface area contributed by atoms with Gasteiger partial charge in [-0.2, -0.15) is 0 Å². The van der Waals surface area contributed by atoms with Gasteiger partial charge in [0.1, 0.15) is 4.88 Å². The second-order valence-corrected chi connectivity index (χ2v) is 6.34. The first-order chi connectivity index (χ1) is 9.72. The number of carbonyl (C=O) groups excluding carboxylic acids is 1. The topological polar surface area (TPSA) is 42.0 Å². The number of carbonyl (C=O) groups is 1. The maximum Gasteiger partial charge on any atom is 0.263 e. The highest BCUT2D eigenvalue weighted by molar-refractivity contribution is 7.13. The van der Waals surface area contributed by atoms with Crippen LogP contribution in [0.2, 0.25) is 0 Å². The van der Waals surface area contributed by atoms with Gasteiger partial charge in [0.05, 0.1) is 10.7 Å². The Balaban J connectivity index is 1.64. The summed E-state index contributed by atoms with van der Waals surface area (Å²) in [5, 5.41) is 4.08. The summed E-state index contributed by atoms with van der Waals surface area (Å²) in [5.74, 6) is 0.0495. The van der Waals surface area contributed by atoms with Crippen LogP contribution < -0.4 is 5.32 Å². The second kappa shape index (κ2) is 5.75. The number of aryl methyl sites for hydroxylation is 3. The number of thiazole rings is 1. The van der Waals surface area contributed by atoms with E-state index in [2.05, 4.69) is 34.6 Å². The smallest absolute Gasteiger partial charge is 0.263 e. The molecule has 2 aromatic rings. The van der Waals surface area contributed by atoms with Gasteiger partial charge >= 0.3 is 0 Å². The fourth-order valence-corrected chi connectivity index (χ4v) is 3.11. The molecule has 0 bridgehead atoms. The van der Waals surface area contributed by atoms with Crippen molar-refractivity contribution < 1.29 is 4.79 Å². The van der Waals surface area contributed by atoms with Gasteiger partial charge in [-0.15, -0.1) is 11.3 Å². The quantitative estimate of drug-likeness (QED) is 0.917. The van der Waals surface area contributed by atoms with Crippen LogP contribution in [0.25, 0.3) is 0 Å². The van der Waals surface area contributed by atoms with Crippen LogP contribution in [-0.4, -0.2) is 16.9 Å². The van der Waals surface area contributed by atoms with Crippen molar-refractivity contribution in [3.05, 3.63) is 51.5 Å². The van der Waals surface area contributed by atoms with Crippen molar-refractivity contribution in [2.24, 2.45) is 0 Å². The van der Waals surface area contributed by atoms with E-state index in [0.29, 0.717) is 6.04 Å². The Morgan fingerprint density at radius 3 is 2.75 bits per heavy atom. The third-order valence-electron chi connectivity index (χ3n) is 3.43. The number of nitrogens with one attached hydrogen (secondary N) is 1. The number of hydrogen-bond donors (Lipinski definition) is 1. The van der Waals surface area contributed by atoms with Gasteiger partial charge in [-0.3, -0.25) is 4.79 Å². The molecule has 104 valence electrons. The Bertz CT molecular complexity index is 602. The normalized spacial score (nSPS) is 14.2. The Morgan fingerprint density at radius 1 is 1.30 bits per heavy atom. The lowest BCUT2D eigenvalue weighted by Crippen LogP contribution is -2.25. The molecule has 4 heteroatoms. The zero-order valence-corrected chi connectivity index (χ0v) is 12.4. The highest BCUT2D eigenvalue weighted by Crippen LogP contribution is 2.23. The van der Waals surface area contributed by atoms with E-state index in [1.165, 1.54) is 16.9 Å². The molecule has 0 aliphatic heterocycles. The van der Waals surface area contributed by atoms with Crippen LogP contribution in [0.1, 0.15) is 38.8 Å². The molecule has 1 aromatic carbocycles. The van der Waals surface area contributed by atoms with Gasteiger partial charge in [0.2, 0.25) is 0 Å². The van der Waals surface area contributed by atoms with Crippen LogP contribution in [0.15, 0.2) is 30.3 Å². The van der Waals surface area contributed by atoms with Gasteiger partial charge in [-0.1, -0.05) is 30.3 Å². The molecule has 0 unspecified atom stereocenters. The standard InChI is InChI=1S/C16H18N2OS/c1-11-15(16(19)18-13-8-9-13)20-14(17-11)10-7-12-5-3-2-4-6-12/h2-6,13H,7-10H2,1H3,(H,18,19). The van der Waals surface area contributed by atoms with Gasteiger partial charge in [0.25, 0.3) is 5.91 Å². The summed E-state index contributed by atoms with van der Waals surface area (Å²) in [7, 11) is 0. The van der Waals surface area contributed by atoms with Crippen molar-refractivity contribution >= 4 is 17.2 Å². The zero-order valence-electron chi connectivity index (χ0n) is 11.6. The summed E-state index contributed by atoms with van der Waals surface area (Å²) in [4.78, 5) is 17.4. The summed E-state index contributed by atoms with van der Waals surface area (Å²) < 4.78 is 0. The van der Waals surface area contributed by atoms with Crippen LogP contribution in [0, 0.1) is 6.92 Å². The minimum atomic E-state index is 0.0495. The summed E-state index contributed by atoms with van der Waals surface area (Å²) in [5.41, 5.74) is 2.17. The van der Waals surface area contributed by atoms with E-state index in [1.54, 1.807) is 0 Å². The number of aromatic nitrogens is 1. The van der Waals surface area contributed by atoms with Crippen LogP contribution >= 0.6 is 11.3 Å². The van der Waals surface area contributed by atoms with Crippen molar-refractivity contribution in [3.63, 3.8) is 0 Å². The number of nitrogens with zero attached hydrogens (tertiary/aromatic N) is 1. The van der Waals surface area contributed by atoms with Crippen molar-refractivity contribution in [2.45, 2.75) is 38.6 Å². The van der Waals surface area contributed by atoms with Gasteiger partial charge in [-0.05, 0) is 31.7 Å². The monoisotopic (exact) mass is 286 g/mol. The fourth-order valence-electron chi connectivity index (χ4n) is 2.14. The molecular formula is C16H18N2OS. The van der Waals surface area contributed by atoms with Crippen LogP contribution in [0.4, 0.5) is 0 Å². The first-order valence-corrected chi connectivity index (χ1v) is 7.85. The minimum Gasteiger partial charge on any atom is -0.349 e. The molecule has 1 saturated carbocycles. The van der Waals surface area contributed by atoms with Crippen molar-refractivity contribution in [1.29, 1.82) is 0 Å². The number of rotatable bonds is 5. The van der Waals surface area contributed by atoms with Gasteiger partial charge in [0, 0.05) is 12.5 Å². The first-order valence-electron chi connectivity index (χ1n) is 7.03. The highest BCUT2D eigenvalue weighted by atomic mass is 32.1. The molecule has 1 aliphatic rings.